The first kappa shape index (κ1) is 20.7. The molecule has 0 radical (unpaired) electrons. The van der Waals surface area contributed by atoms with Gasteiger partial charge in [-0.05, 0) is 54.7 Å². The second kappa shape index (κ2) is 7.86. The lowest BCUT2D eigenvalue weighted by Gasteiger charge is -2.44. The molecule has 1 N–H and O–H groups in total. The molecule has 1 saturated carbocycles. The van der Waals surface area contributed by atoms with E-state index in [1.165, 1.54) is 6.20 Å². The van der Waals surface area contributed by atoms with E-state index in [-0.39, 0.29) is 17.4 Å². The Morgan fingerprint density at radius 1 is 1.21 bits per heavy atom. The molecule has 0 unspecified atom stereocenters. The number of nitrogens with zero attached hydrogens (tertiary/aromatic N) is 4. The Balaban J connectivity index is 1.38. The smallest absolute Gasteiger partial charge is 0.268 e. The summed E-state index contributed by atoms with van der Waals surface area (Å²) in [4.78, 5) is 24.2. The molecule has 0 atom stereocenters. The van der Waals surface area contributed by atoms with Gasteiger partial charge in [0.15, 0.2) is 5.72 Å². The number of aromatic nitrogens is 2. The monoisotopic (exact) mass is 469 g/mol. The molecule has 34 heavy (non-hydrogen) atoms. The number of hydrogen-bond donors (Lipinski definition) is 1. The zero-order valence-electron chi connectivity index (χ0n) is 18.2. The van der Waals surface area contributed by atoms with Gasteiger partial charge in [-0.1, -0.05) is 35.9 Å². The summed E-state index contributed by atoms with van der Waals surface area (Å²) in [6.45, 7) is 0. The van der Waals surface area contributed by atoms with Gasteiger partial charge in [-0.25, -0.2) is 4.98 Å². The minimum absolute atomic E-state index is 0.225. The Hall–Kier alpha value is -3.89. The van der Waals surface area contributed by atoms with Crippen LogP contribution in [0.15, 0.2) is 48.7 Å². The van der Waals surface area contributed by atoms with Crippen LogP contribution in [0.4, 0.5) is 17.3 Å². The molecule has 2 aromatic carbocycles. The number of fused-ring (bicyclic) bond motifs is 2. The molecule has 8 heteroatoms. The van der Waals surface area contributed by atoms with Gasteiger partial charge in [0.2, 0.25) is 11.8 Å². The average Bonchev–Trinajstić information content (AvgIpc) is 3.49. The lowest BCUT2D eigenvalue weighted by molar-refractivity contribution is 0.0433. The zero-order valence-corrected chi connectivity index (χ0v) is 19.0. The summed E-state index contributed by atoms with van der Waals surface area (Å²) in [5, 5.41) is 13.2. The van der Waals surface area contributed by atoms with Gasteiger partial charge in [0.1, 0.15) is 5.56 Å². The molecule has 7 nitrogen and oxygen atoms in total. The predicted molar refractivity (Wildman–Crippen MR) is 129 cm³/mol. The fourth-order valence-electron chi connectivity index (χ4n) is 5.07. The lowest BCUT2D eigenvalue weighted by atomic mass is 10.0. The lowest BCUT2D eigenvalue weighted by Crippen LogP contribution is -2.58. The first-order chi connectivity index (χ1) is 16.6. The van der Waals surface area contributed by atoms with Crippen molar-refractivity contribution in [2.45, 2.75) is 37.8 Å². The summed E-state index contributed by atoms with van der Waals surface area (Å²) in [5.74, 6) is 0.336. The van der Waals surface area contributed by atoms with Crippen LogP contribution < -0.4 is 15.0 Å². The molecule has 1 amide bonds. The van der Waals surface area contributed by atoms with Crippen LogP contribution >= 0.6 is 11.6 Å². The van der Waals surface area contributed by atoms with Crippen molar-refractivity contribution >= 4 is 40.9 Å². The van der Waals surface area contributed by atoms with Gasteiger partial charge in [0, 0.05) is 24.7 Å². The quantitative estimate of drug-likeness (QED) is 0.535. The van der Waals surface area contributed by atoms with Crippen molar-refractivity contribution in [3.8, 4) is 11.9 Å². The summed E-state index contributed by atoms with van der Waals surface area (Å²) < 4.78 is 6.46. The highest BCUT2D eigenvalue weighted by Crippen LogP contribution is 2.46. The van der Waals surface area contributed by atoms with Crippen LogP contribution in [0, 0.1) is 11.3 Å². The number of ether oxygens (including phenoxy) is 1. The first-order valence-electron chi connectivity index (χ1n) is 11.2. The minimum atomic E-state index is -0.826. The first-order valence-corrected chi connectivity index (χ1v) is 11.6. The number of halogens is 1. The number of nitriles is 1. The normalized spacial score (nSPS) is 17.3. The molecule has 1 aliphatic heterocycles. The van der Waals surface area contributed by atoms with E-state index in [1.54, 1.807) is 17.0 Å². The van der Waals surface area contributed by atoms with E-state index in [0.29, 0.717) is 40.8 Å². The SMILES string of the molecule is N#Cc1cc(Nc2ncc3c(n2)OC2(CCCC2)N(c2ccccc2Cl)C3=O)cc2c1CC=C2. The number of allylic oxidation sites excluding steroid dienone is 1. The molecule has 1 spiro atoms. The molecule has 3 aliphatic rings. The van der Waals surface area contributed by atoms with Crippen molar-refractivity contribution in [1.29, 1.82) is 5.26 Å². The second-order valence-electron chi connectivity index (χ2n) is 8.69. The summed E-state index contributed by atoms with van der Waals surface area (Å²) in [7, 11) is 0. The molecular weight excluding hydrogens is 450 g/mol. The molecule has 2 aliphatic carbocycles. The number of rotatable bonds is 3. The second-order valence-corrected chi connectivity index (χ2v) is 9.10. The largest absolute Gasteiger partial charge is 0.450 e. The number of benzene rings is 2. The third-order valence-electron chi connectivity index (χ3n) is 6.64. The van der Waals surface area contributed by atoms with Crippen LogP contribution in [0.3, 0.4) is 0 Å². The maximum Gasteiger partial charge on any atom is 0.268 e. The van der Waals surface area contributed by atoms with Crippen molar-refractivity contribution in [2.24, 2.45) is 0 Å². The maximum absolute atomic E-state index is 13.7. The highest BCUT2D eigenvalue weighted by Gasteiger charge is 2.51. The van der Waals surface area contributed by atoms with Gasteiger partial charge in [-0.15, -0.1) is 0 Å². The zero-order chi connectivity index (χ0) is 23.3. The van der Waals surface area contributed by atoms with Crippen LogP contribution in [-0.2, 0) is 6.42 Å². The van der Waals surface area contributed by atoms with Crippen molar-refractivity contribution in [3.05, 3.63) is 75.9 Å². The van der Waals surface area contributed by atoms with Gasteiger partial charge in [0.05, 0.1) is 22.3 Å². The van der Waals surface area contributed by atoms with Crippen molar-refractivity contribution in [2.75, 3.05) is 10.2 Å². The highest BCUT2D eigenvalue weighted by molar-refractivity contribution is 6.34. The topological polar surface area (TPSA) is 91.1 Å². The number of carbonyl (C=O) groups is 1. The summed E-state index contributed by atoms with van der Waals surface area (Å²) in [6.07, 6.45) is 9.56. The van der Waals surface area contributed by atoms with Crippen LogP contribution in [0.25, 0.3) is 6.08 Å². The minimum Gasteiger partial charge on any atom is -0.450 e. The number of para-hydroxylation sites is 1. The number of hydrogen-bond acceptors (Lipinski definition) is 6. The van der Waals surface area contributed by atoms with Crippen LogP contribution in [0.5, 0.6) is 5.88 Å². The van der Waals surface area contributed by atoms with E-state index in [1.807, 2.05) is 36.4 Å². The van der Waals surface area contributed by atoms with Crippen molar-refractivity contribution in [3.63, 3.8) is 0 Å². The van der Waals surface area contributed by atoms with Gasteiger partial charge in [-0.2, -0.15) is 10.2 Å². The Morgan fingerprint density at radius 3 is 2.82 bits per heavy atom. The fourth-order valence-corrected chi connectivity index (χ4v) is 5.29. The molecule has 2 heterocycles. The third-order valence-corrected chi connectivity index (χ3v) is 6.96. The van der Waals surface area contributed by atoms with Crippen LogP contribution in [0.1, 0.15) is 52.7 Å². The van der Waals surface area contributed by atoms with Crippen LogP contribution in [0.2, 0.25) is 5.02 Å². The van der Waals surface area contributed by atoms with Gasteiger partial charge in [0.25, 0.3) is 5.91 Å². The molecule has 1 aromatic heterocycles. The maximum atomic E-state index is 13.7. The Morgan fingerprint density at radius 2 is 2.03 bits per heavy atom. The Kier molecular flexibility index (Phi) is 4.78. The summed E-state index contributed by atoms with van der Waals surface area (Å²) in [5.41, 5.74) is 3.44. The summed E-state index contributed by atoms with van der Waals surface area (Å²) >= 11 is 6.47. The Bertz CT molecular complexity index is 1400. The van der Waals surface area contributed by atoms with Crippen molar-refractivity contribution < 1.29 is 9.53 Å². The van der Waals surface area contributed by atoms with E-state index < -0.39 is 5.72 Å². The molecular formula is C26H20ClN5O2. The molecule has 168 valence electrons. The molecule has 0 bridgehead atoms. The van der Waals surface area contributed by atoms with E-state index in [0.717, 1.165) is 30.4 Å². The molecule has 3 aromatic rings. The Labute approximate surface area is 201 Å². The van der Waals surface area contributed by atoms with Crippen LogP contribution in [-0.4, -0.2) is 21.6 Å². The molecule has 0 saturated heterocycles. The highest BCUT2D eigenvalue weighted by atomic mass is 35.5. The van der Waals surface area contributed by atoms with E-state index in [4.69, 9.17) is 16.3 Å². The number of nitrogens with one attached hydrogen (secondary N) is 1. The molecule has 1 fully saturated rings. The third kappa shape index (κ3) is 3.22. The van der Waals surface area contributed by atoms with E-state index in [2.05, 4.69) is 21.4 Å². The van der Waals surface area contributed by atoms with Gasteiger partial charge >= 0.3 is 0 Å². The number of amides is 1. The molecule has 6 rings (SSSR count). The van der Waals surface area contributed by atoms with E-state index in [9.17, 15) is 10.1 Å². The van der Waals surface area contributed by atoms with Gasteiger partial charge < -0.3 is 10.1 Å². The summed E-state index contributed by atoms with van der Waals surface area (Å²) in [6, 6.07) is 13.3. The number of carbonyl (C=O) groups excluding carboxylic acids is 1. The van der Waals surface area contributed by atoms with E-state index >= 15 is 0 Å². The fraction of sp³-hybridized carbons (Fsp3) is 0.231. The van der Waals surface area contributed by atoms with Gasteiger partial charge in [-0.3, -0.25) is 9.69 Å². The predicted octanol–water partition coefficient (Wildman–Crippen LogP) is 5.62. The number of anilines is 3. The average molecular weight is 470 g/mol. The van der Waals surface area contributed by atoms with Crippen molar-refractivity contribution in [1.82, 2.24) is 9.97 Å². The standard InChI is InChI=1S/C26H20ClN5O2/c27-21-8-1-2-9-22(21)32-24(33)20-15-29-25(31-23(20)34-26(32)10-3-4-11-26)30-18-12-16-6-5-7-19(16)17(13-18)14-28/h1-2,5-6,8-9,12-13,15H,3-4,7,10-11H2,(H,29,30,31).